The van der Waals surface area contributed by atoms with Gasteiger partial charge in [-0.05, 0) is 113 Å². The van der Waals surface area contributed by atoms with Crippen molar-refractivity contribution in [3.05, 3.63) is 249 Å². The summed E-state index contributed by atoms with van der Waals surface area (Å²) in [6.07, 6.45) is 0. The lowest BCUT2D eigenvalue weighted by Crippen LogP contribution is -2.01. The molecule has 354 valence electrons. The molecule has 0 radical (unpaired) electrons. The summed E-state index contributed by atoms with van der Waals surface area (Å²) in [5.41, 5.74) is 16.7. The van der Waals surface area contributed by atoms with Gasteiger partial charge in [0.05, 0.1) is 22.1 Å². The Bertz CT molecular complexity index is 4920. The van der Waals surface area contributed by atoms with Gasteiger partial charge in [-0.3, -0.25) is 0 Å². The van der Waals surface area contributed by atoms with Crippen molar-refractivity contribution in [2.24, 2.45) is 0 Å². The molecule has 0 spiro atoms. The van der Waals surface area contributed by atoms with Gasteiger partial charge in [-0.25, -0.2) is 15.0 Å². The summed E-state index contributed by atoms with van der Waals surface area (Å²) in [6, 6.07) is 87.1. The maximum Gasteiger partial charge on any atom is 0.164 e. The first kappa shape index (κ1) is 42.2. The molecule has 5 aromatic heterocycles. The molecule has 0 saturated carbocycles. The van der Waals surface area contributed by atoms with E-state index in [9.17, 15) is 0 Å². The first-order valence-electron chi connectivity index (χ1n) is 25.6. The van der Waals surface area contributed by atoms with E-state index >= 15 is 0 Å². The van der Waals surface area contributed by atoms with Gasteiger partial charge in [-0.15, -0.1) is 0 Å². The minimum absolute atomic E-state index is 0.562. The highest BCUT2D eigenvalue weighted by atomic mass is 16.3. The summed E-state index contributed by atoms with van der Waals surface area (Å²) in [5.74, 6) is 1.75. The van der Waals surface area contributed by atoms with Gasteiger partial charge in [0.25, 0.3) is 0 Å². The summed E-state index contributed by atoms with van der Waals surface area (Å²) in [7, 11) is 0. The van der Waals surface area contributed by atoms with E-state index in [0.717, 1.165) is 116 Å². The smallest absolute Gasteiger partial charge is 0.164 e. The van der Waals surface area contributed by atoms with Gasteiger partial charge in [0, 0.05) is 71.2 Å². The van der Waals surface area contributed by atoms with E-state index in [1.165, 1.54) is 21.5 Å². The topological polar surface area (TPSA) is 74.8 Å². The molecule has 7 heteroatoms. The van der Waals surface area contributed by atoms with E-state index in [1.807, 2.05) is 60.7 Å². The molecule has 0 N–H and O–H groups in total. The van der Waals surface area contributed by atoms with E-state index in [1.54, 1.807) is 0 Å². The number of nitrogens with zero attached hydrogens (tertiary/aromatic N) is 5. The monoisotopic (exact) mass is 971 g/mol. The van der Waals surface area contributed by atoms with Crippen molar-refractivity contribution in [2.45, 2.75) is 0 Å². The van der Waals surface area contributed by atoms with E-state index in [-0.39, 0.29) is 0 Å². The predicted molar refractivity (Wildman–Crippen MR) is 310 cm³/mol. The summed E-state index contributed by atoms with van der Waals surface area (Å²) in [4.78, 5) is 15.7. The Kier molecular flexibility index (Phi) is 9.20. The van der Waals surface area contributed by atoms with Gasteiger partial charge < -0.3 is 18.0 Å². The van der Waals surface area contributed by atoms with Gasteiger partial charge in [0.15, 0.2) is 17.5 Å². The molecule has 0 atom stereocenters. The fourth-order valence-electron chi connectivity index (χ4n) is 11.8. The maximum atomic E-state index is 6.86. The van der Waals surface area contributed by atoms with Crippen LogP contribution in [0.5, 0.6) is 0 Å². The van der Waals surface area contributed by atoms with Crippen LogP contribution in [-0.2, 0) is 0 Å². The highest BCUT2D eigenvalue weighted by molar-refractivity contribution is 6.29. The van der Waals surface area contributed by atoms with Crippen LogP contribution in [0.3, 0.4) is 0 Å². The number of hydrogen-bond acceptors (Lipinski definition) is 5. The Balaban J connectivity index is 0.897. The number of para-hydroxylation sites is 4. The van der Waals surface area contributed by atoms with E-state index in [0.29, 0.717) is 17.5 Å². The number of furan rings is 2. The standard InChI is InChI=1S/C69H41N5O2/c1-5-17-42(18-6-1)67-70-68(43-19-7-2-8-20-43)72-69(71-67)54-39-44(45-30-33-52-61(40-45)75-59-37-35-57-63(65(52)59)50-25-13-15-27-55(50)73(57)47-21-9-3-10-22-47)29-32-49(54)46-31-34-53-62(41-46)76-60-38-36-58-64(66(53)60)51-26-14-16-28-56(51)74(58)48-23-11-4-12-24-48/h1-41H. The van der Waals surface area contributed by atoms with Crippen LogP contribution in [0.2, 0.25) is 0 Å². The Hall–Kier alpha value is -10.4. The van der Waals surface area contributed by atoms with E-state index < -0.39 is 0 Å². The molecule has 0 saturated heterocycles. The molecule has 16 rings (SSSR count). The molecular formula is C69H41N5O2. The normalized spacial score (nSPS) is 11.9. The van der Waals surface area contributed by atoms with Gasteiger partial charge >= 0.3 is 0 Å². The van der Waals surface area contributed by atoms with Crippen molar-refractivity contribution in [3.8, 4) is 67.8 Å². The quantitative estimate of drug-likeness (QED) is 0.159. The van der Waals surface area contributed by atoms with Crippen molar-refractivity contribution < 1.29 is 8.83 Å². The average molecular weight is 972 g/mol. The Morgan fingerprint density at radius 1 is 0.250 bits per heavy atom. The number of benzene rings is 11. The van der Waals surface area contributed by atoms with Gasteiger partial charge in [-0.2, -0.15) is 0 Å². The summed E-state index contributed by atoms with van der Waals surface area (Å²) in [6.45, 7) is 0. The van der Waals surface area contributed by atoms with Crippen LogP contribution in [0.25, 0.3) is 155 Å². The lowest BCUT2D eigenvalue weighted by atomic mass is 9.93. The SMILES string of the molecule is c1ccc(-c2nc(-c3ccccc3)nc(-c3cc(-c4ccc5c(c4)oc4ccc6c(c7ccccc7n6-c6ccccc6)c45)ccc3-c3ccc4c(c3)oc3ccc5c(c6ccccc6n5-c5ccccc5)c34)n2)cc1. The summed E-state index contributed by atoms with van der Waals surface area (Å²) < 4.78 is 18.4. The lowest BCUT2D eigenvalue weighted by Gasteiger charge is -2.14. The fourth-order valence-corrected chi connectivity index (χ4v) is 11.8. The second-order valence-corrected chi connectivity index (χ2v) is 19.5. The minimum Gasteiger partial charge on any atom is -0.456 e. The highest BCUT2D eigenvalue weighted by Crippen LogP contribution is 2.46. The van der Waals surface area contributed by atoms with Crippen LogP contribution in [0.15, 0.2) is 258 Å². The largest absolute Gasteiger partial charge is 0.456 e. The second kappa shape index (κ2) is 16.6. The minimum atomic E-state index is 0.562. The Labute approximate surface area is 434 Å². The zero-order valence-electron chi connectivity index (χ0n) is 40.7. The molecule has 0 aliphatic heterocycles. The van der Waals surface area contributed by atoms with Crippen molar-refractivity contribution in [1.82, 2.24) is 24.1 Å². The molecule has 11 aromatic carbocycles. The zero-order valence-corrected chi connectivity index (χ0v) is 40.7. The van der Waals surface area contributed by atoms with Crippen LogP contribution in [0, 0.1) is 0 Å². The summed E-state index contributed by atoms with van der Waals surface area (Å²) in [5, 5.41) is 9.04. The van der Waals surface area contributed by atoms with Crippen LogP contribution < -0.4 is 0 Å². The fraction of sp³-hybridized carbons (Fsp3) is 0. The van der Waals surface area contributed by atoms with Crippen molar-refractivity contribution >= 4 is 87.5 Å². The molecule has 0 aliphatic rings. The molecule has 0 amide bonds. The van der Waals surface area contributed by atoms with Crippen LogP contribution in [0.1, 0.15) is 0 Å². The van der Waals surface area contributed by atoms with Crippen molar-refractivity contribution in [1.29, 1.82) is 0 Å². The van der Waals surface area contributed by atoms with Gasteiger partial charge in [0.2, 0.25) is 0 Å². The molecule has 0 fully saturated rings. The van der Waals surface area contributed by atoms with Crippen molar-refractivity contribution in [3.63, 3.8) is 0 Å². The first-order chi connectivity index (χ1) is 37.7. The van der Waals surface area contributed by atoms with Gasteiger partial charge in [-0.1, -0.05) is 158 Å². The van der Waals surface area contributed by atoms with Crippen LogP contribution in [0.4, 0.5) is 0 Å². The van der Waals surface area contributed by atoms with E-state index in [4.69, 9.17) is 23.8 Å². The van der Waals surface area contributed by atoms with Gasteiger partial charge in [0.1, 0.15) is 22.3 Å². The molecule has 16 aromatic rings. The third-order valence-electron chi connectivity index (χ3n) is 15.2. The molecule has 0 bridgehead atoms. The molecule has 7 nitrogen and oxygen atoms in total. The van der Waals surface area contributed by atoms with Crippen molar-refractivity contribution in [2.75, 3.05) is 0 Å². The number of fused-ring (bicyclic) bond motifs is 14. The molecule has 76 heavy (non-hydrogen) atoms. The molecule has 0 aliphatic carbocycles. The Morgan fingerprint density at radius 3 is 1.20 bits per heavy atom. The number of hydrogen-bond donors (Lipinski definition) is 0. The highest BCUT2D eigenvalue weighted by Gasteiger charge is 2.23. The third kappa shape index (κ3) is 6.46. The predicted octanol–water partition coefficient (Wildman–Crippen LogP) is 18.2. The molecule has 0 unspecified atom stereocenters. The average Bonchev–Trinajstić information content (AvgIpc) is 4.25. The Morgan fingerprint density at radius 2 is 0.671 bits per heavy atom. The lowest BCUT2D eigenvalue weighted by molar-refractivity contribution is 0.669. The molecular weight excluding hydrogens is 931 g/mol. The van der Waals surface area contributed by atoms with Crippen LogP contribution in [-0.4, -0.2) is 24.1 Å². The maximum absolute atomic E-state index is 6.86. The molecule has 5 heterocycles. The van der Waals surface area contributed by atoms with Crippen LogP contribution >= 0.6 is 0 Å². The first-order valence-corrected chi connectivity index (χ1v) is 25.6. The third-order valence-corrected chi connectivity index (χ3v) is 15.2. The summed E-state index contributed by atoms with van der Waals surface area (Å²) >= 11 is 0. The second-order valence-electron chi connectivity index (χ2n) is 19.5. The zero-order chi connectivity index (χ0) is 49.8. The van der Waals surface area contributed by atoms with E-state index in [2.05, 4.69) is 197 Å². The number of aromatic nitrogens is 5. The number of rotatable bonds is 7.